The van der Waals surface area contributed by atoms with Crippen molar-refractivity contribution >= 4 is 17.4 Å². The molecule has 2 aromatic carbocycles. The van der Waals surface area contributed by atoms with Gasteiger partial charge < -0.3 is 14.2 Å². The quantitative estimate of drug-likeness (QED) is 0.309. The van der Waals surface area contributed by atoms with Gasteiger partial charge in [0, 0.05) is 11.6 Å². The van der Waals surface area contributed by atoms with Crippen molar-refractivity contribution in [2.24, 2.45) is 0 Å². The molecule has 0 aliphatic heterocycles. The van der Waals surface area contributed by atoms with Gasteiger partial charge in [-0.05, 0) is 6.92 Å². The average molecular weight is 359 g/mol. The molecule has 0 aromatic heterocycles. The summed E-state index contributed by atoms with van der Waals surface area (Å²) < 4.78 is 15.3. The van der Waals surface area contributed by atoms with Crippen LogP contribution in [0.1, 0.15) is 27.6 Å². The number of benzene rings is 2. The van der Waals surface area contributed by atoms with Crippen molar-refractivity contribution in [1.29, 1.82) is 0 Å². The van der Waals surface area contributed by atoms with E-state index in [0.29, 0.717) is 5.56 Å². The lowest BCUT2D eigenvalue weighted by Crippen LogP contribution is -2.15. The number of ketones is 1. The van der Waals surface area contributed by atoms with Crippen molar-refractivity contribution in [3.8, 4) is 11.5 Å². The van der Waals surface area contributed by atoms with Crippen LogP contribution in [0.4, 0.5) is 5.69 Å². The van der Waals surface area contributed by atoms with E-state index in [1.54, 1.807) is 37.3 Å². The maximum Gasteiger partial charge on any atom is 0.345 e. The zero-order valence-electron chi connectivity index (χ0n) is 14.3. The average Bonchev–Trinajstić information content (AvgIpc) is 2.66. The molecule has 0 aliphatic carbocycles. The summed E-state index contributed by atoms with van der Waals surface area (Å²) in [5.41, 5.74) is -0.443. The SMILES string of the molecule is CCOc1cc([N+](=O)[O-])c(C(=O)OCC(=O)c2ccccc2)cc1OC. The van der Waals surface area contributed by atoms with Crippen molar-refractivity contribution in [1.82, 2.24) is 0 Å². The number of hydrogen-bond donors (Lipinski definition) is 0. The largest absolute Gasteiger partial charge is 0.493 e. The van der Waals surface area contributed by atoms with E-state index in [-0.39, 0.29) is 23.7 Å². The first-order chi connectivity index (χ1) is 12.5. The Morgan fingerprint density at radius 3 is 2.38 bits per heavy atom. The number of methoxy groups -OCH3 is 1. The molecule has 0 spiro atoms. The summed E-state index contributed by atoms with van der Waals surface area (Å²) in [6.07, 6.45) is 0. The van der Waals surface area contributed by atoms with Crippen LogP contribution < -0.4 is 9.47 Å². The van der Waals surface area contributed by atoms with Crippen LogP contribution in [0, 0.1) is 10.1 Å². The monoisotopic (exact) mass is 359 g/mol. The maximum absolute atomic E-state index is 12.3. The molecular weight excluding hydrogens is 342 g/mol. The summed E-state index contributed by atoms with van der Waals surface area (Å²) in [6.45, 7) is 1.45. The molecule has 0 heterocycles. The number of rotatable bonds is 8. The van der Waals surface area contributed by atoms with Gasteiger partial charge in [0.2, 0.25) is 0 Å². The second kappa shape index (κ2) is 8.61. The Bertz CT molecular complexity index is 818. The number of hydrogen-bond acceptors (Lipinski definition) is 7. The third-order valence-electron chi connectivity index (χ3n) is 3.43. The Hall–Kier alpha value is -3.42. The van der Waals surface area contributed by atoms with Gasteiger partial charge in [-0.15, -0.1) is 0 Å². The van der Waals surface area contributed by atoms with E-state index in [9.17, 15) is 19.7 Å². The van der Waals surface area contributed by atoms with E-state index in [0.717, 1.165) is 6.07 Å². The van der Waals surface area contributed by atoms with Gasteiger partial charge >= 0.3 is 5.97 Å². The van der Waals surface area contributed by atoms with Gasteiger partial charge in [0.25, 0.3) is 5.69 Å². The molecule has 0 bridgehead atoms. The van der Waals surface area contributed by atoms with Crippen LogP contribution in [0.15, 0.2) is 42.5 Å². The topological polar surface area (TPSA) is 105 Å². The molecule has 2 rings (SSSR count). The minimum absolute atomic E-state index is 0.138. The highest BCUT2D eigenvalue weighted by Gasteiger charge is 2.26. The first kappa shape index (κ1) is 18.9. The molecule has 136 valence electrons. The van der Waals surface area contributed by atoms with Crippen molar-refractivity contribution in [2.45, 2.75) is 6.92 Å². The van der Waals surface area contributed by atoms with Gasteiger partial charge in [0.1, 0.15) is 5.56 Å². The Kier molecular flexibility index (Phi) is 6.26. The van der Waals surface area contributed by atoms with E-state index < -0.39 is 29.0 Å². The smallest absolute Gasteiger partial charge is 0.345 e. The Balaban J connectivity index is 2.24. The van der Waals surface area contributed by atoms with Crippen molar-refractivity contribution in [3.63, 3.8) is 0 Å². The summed E-state index contributed by atoms with van der Waals surface area (Å²) in [6, 6.07) is 10.5. The maximum atomic E-state index is 12.3. The predicted molar refractivity (Wildman–Crippen MR) is 91.9 cm³/mol. The third-order valence-corrected chi connectivity index (χ3v) is 3.43. The van der Waals surface area contributed by atoms with Crippen LogP contribution in [0.2, 0.25) is 0 Å². The normalized spacial score (nSPS) is 10.1. The number of Topliss-reactive ketones (excluding diaryl/α,β-unsaturated/α-hetero) is 1. The first-order valence-electron chi connectivity index (χ1n) is 7.72. The molecule has 8 heteroatoms. The Morgan fingerprint density at radius 2 is 1.81 bits per heavy atom. The number of carbonyl (C=O) groups is 2. The summed E-state index contributed by atoms with van der Waals surface area (Å²) >= 11 is 0. The highest BCUT2D eigenvalue weighted by molar-refractivity contribution is 6.00. The molecule has 0 N–H and O–H groups in total. The molecule has 26 heavy (non-hydrogen) atoms. The highest BCUT2D eigenvalue weighted by Crippen LogP contribution is 2.35. The van der Waals surface area contributed by atoms with Crippen LogP contribution in [0.3, 0.4) is 0 Å². The summed E-state index contributed by atoms with van der Waals surface area (Å²) in [5.74, 6) is -1.13. The number of ether oxygens (including phenoxy) is 3. The lowest BCUT2D eigenvalue weighted by Gasteiger charge is -2.11. The van der Waals surface area contributed by atoms with Gasteiger partial charge in [0.05, 0.1) is 24.7 Å². The fourth-order valence-corrected chi connectivity index (χ4v) is 2.21. The molecule has 0 radical (unpaired) electrons. The molecule has 0 amide bonds. The summed E-state index contributed by atoms with van der Waals surface area (Å²) in [4.78, 5) is 34.8. The van der Waals surface area contributed by atoms with Crippen LogP contribution in [0.25, 0.3) is 0 Å². The second-order valence-electron chi connectivity index (χ2n) is 5.08. The van der Waals surface area contributed by atoms with E-state index in [4.69, 9.17) is 14.2 Å². The Morgan fingerprint density at radius 1 is 1.12 bits per heavy atom. The lowest BCUT2D eigenvalue weighted by atomic mass is 10.1. The van der Waals surface area contributed by atoms with E-state index in [1.165, 1.54) is 13.2 Å². The molecule has 0 fully saturated rings. The van der Waals surface area contributed by atoms with Gasteiger partial charge in [0.15, 0.2) is 23.9 Å². The predicted octanol–water partition coefficient (Wildman–Crippen LogP) is 3.04. The molecule has 0 unspecified atom stereocenters. The first-order valence-corrected chi connectivity index (χ1v) is 7.72. The minimum Gasteiger partial charge on any atom is -0.493 e. The number of esters is 1. The van der Waals surface area contributed by atoms with Crippen molar-refractivity contribution in [3.05, 3.63) is 63.7 Å². The van der Waals surface area contributed by atoms with Gasteiger partial charge in [-0.1, -0.05) is 30.3 Å². The fourth-order valence-electron chi connectivity index (χ4n) is 2.21. The van der Waals surface area contributed by atoms with E-state index >= 15 is 0 Å². The van der Waals surface area contributed by atoms with E-state index in [2.05, 4.69) is 0 Å². The lowest BCUT2D eigenvalue weighted by molar-refractivity contribution is -0.385. The van der Waals surface area contributed by atoms with Gasteiger partial charge in [-0.2, -0.15) is 0 Å². The number of carbonyl (C=O) groups excluding carboxylic acids is 2. The van der Waals surface area contributed by atoms with Crippen LogP contribution in [0.5, 0.6) is 11.5 Å². The van der Waals surface area contributed by atoms with Crippen LogP contribution in [-0.4, -0.2) is 37.0 Å². The van der Waals surface area contributed by atoms with Crippen molar-refractivity contribution < 1.29 is 28.7 Å². The number of nitro benzene ring substituents is 1. The Labute approximate surface area is 149 Å². The number of nitrogens with zero attached hydrogens (tertiary/aromatic N) is 1. The second-order valence-corrected chi connectivity index (χ2v) is 5.08. The summed E-state index contributed by atoms with van der Waals surface area (Å²) in [7, 11) is 1.34. The summed E-state index contributed by atoms with van der Waals surface area (Å²) in [5, 5.41) is 11.3. The van der Waals surface area contributed by atoms with Crippen LogP contribution >= 0.6 is 0 Å². The third kappa shape index (κ3) is 4.35. The fraction of sp³-hybridized carbons (Fsp3) is 0.222. The molecule has 8 nitrogen and oxygen atoms in total. The zero-order valence-corrected chi connectivity index (χ0v) is 14.3. The van der Waals surface area contributed by atoms with Crippen molar-refractivity contribution in [2.75, 3.05) is 20.3 Å². The van der Waals surface area contributed by atoms with Gasteiger partial charge in [-0.25, -0.2) is 4.79 Å². The highest BCUT2D eigenvalue weighted by atomic mass is 16.6. The van der Waals surface area contributed by atoms with E-state index in [1.807, 2.05) is 0 Å². The standard InChI is InChI=1S/C18H17NO7/c1-3-25-17-10-14(19(22)23)13(9-16(17)24-2)18(21)26-11-15(20)12-7-5-4-6-8-12/h4-10H,3,11H2,1-2H3. The minimum atomic E-state index is -0.998. The van der Waals surface area contributed by atoms with Crippen LogP contribution in [-0.2, 0) is 4.74 Å². The number of nitro groups is 1. The van der Waals surface area contributed by atoms with Gasteiger partial charge in [-0.3, -0.25) is 14.9 Å². The molecule has 0 saturated carbocycles. The molecule has 0 aliphatic rings. The zero-order chi connectivity index (χ0) is 19.1. The molecule has 2 aromatic rings. The molecule has 0 atom stereocenters. The molecule has 0 saturated heterocycles. The molecular formula is C18H17NO7.